The number of nitrogens with zero attached hydrogens (tertiary/aromatic N) is 1. The minimum Gasteiger partial charge on any atom is -0.452 e. The molecule has 0 bridgehead atoms. The average Bonchev–Trinajstić information content (AvgIpc) is 3.17. The van der Waals surface area contributed by atoms with Crippen LogP contribution in [0.15, 0.2) is 53.4 Å². The normalized spacial score (nSPS) is 21.6. The zero-order chi connectivity index (χ0) is 19.2. The molecule has 1 fully saturated rings. The number of benzene rings is 2. The first kappa shape index (κ1) is 18.1. The number of thioether (sulfide) groups is 1. The van der Waals surface area contributed by atoms with Gasteiger partial charge >= 0.3 is 5.97 Å². The molecule has 27 heavy (non-hydrogen) atoms. The molecule has 2 aliphatic heterocycles. The summed E-state index contributed by atoms with van der Waals surface area (Å²) in [5.41, 5.74) is 1.14. The minimum atomic E-state index is -1.13. The first-order chi connectivity index (χ1) is 12.9. The third-order valence-electron chi connectivity index (χ3n) is 4.77. The standard InChI is InChI=1S/C20H16ClNO4S/c1-12(18(24)13-6-8-14(21)9-7-13)26-19(25)20-11-10-17(23)22(20)15-4-2-3-5-16(15)27-20/h2-9,12H,10-11H2,1H3/t12-,20+/m0/s1. The van der Waals surface area contributed by atoms with Crippen molar-refractivity contribution in [1.29, 1.82) is 0 Å². The first-order valence-electron chi connectivity index (χ1n) is 8.54. The summed E-state index contributed by atoms with van der Waals surface area (Å²) in [6, 6.07) is 13.8. The fraction of sp³-hybridized carbons (Fsp3) is 0.250. The Morgan fingerprint density at radius 2 is 1.89 bits per heavy atom. The zero-order valence-electron chi connectivity index (χ0n) is 14.5. The molecule has 0 N–H and O–H groups in total. The van der Waals surface area contributed by atoms with Crippen LogP contribution in [0.2, 0.25) is 5.02 Å². The molecule has 2 aliphatic rings. The highest BCUT2D eigenvalue weighted by molar-refractivity contribution is 8.02. The van der Waals surface area contributed by atoms with Gasteiger partial charge in [-0.05, 0) is 43.3 Å². The Morgan fingerprint density at radius 1 is 1.19 bits per heavy atom. The van der Waals surface area contributed by atoms with E-state index >= 15 is 0 Å². The molecule has 1 saturated heterocycles. The summed E-state index contributed by atoms with van der Waals surface area (Å²) in [5, 5.41) is 0.523. The summed E-state index contributed by atoms with van der Waals surface area (Å²) in [6.07, 6.45) is -0.336. The number of ether oxygens (including phenoxy) is 1. The second-order valence-electron chi connectivity index (χ2n) is 6.50. The highest BCUT2D eigenvalue weighted by atomic mass is 35.5. The molecule has 7 heteroatoms. The number of esters is 1. The molecule has 2 aromatic carbocycles. The van der Waals surface area contributed by atoms with Crippen LogP contribution in [0.25, 0.3) is 0 Å². The Balaban J connectivity index is 1.57. The second-order valence-corrected chi connectivity index (χ2v) is 8.26. The molecule has 138 valence electrons. The smallest absolute Gasteiger partial charge is 0.344 e. The number of Topliss-reactive ketones (excluding diaryl/α,β-unsaturated/α-hetero) is 1. The van der Waals surface area contributed by atoms with Gasteiger partial charge in [0.05, 0.1) is 5.69 Å². The predicted octanol–water partition coefficient (Wildman–Crippen LogP) is 4.08. The van der Waals surface area contributed by atoms with Gasteiger partial charge in [0.2, 0.25) is 11.7 Å². The summed E-state index contributed by atoms with van der Waals surface area (Å²) >= 11 is 7.17. The third-order valence-corrected chi connectivity index (χ3v) is 6.48. The van der Waals surface area contributed by atoms with E-state index in [9.17, 15) is 14.4 Å². The Labute approximate surface area is 165 Å². The zero-order valence-corrected chi connectivity index (χ0v) is 16.0. The molecule has 0 aliphatic carbocycles. The fourth-order valence-electron chi connectivity index (χ4n) is 3.43. The van der Waals surface area contributed by atoms with Gasteiger partial charge in [-0.25, -0.2) is 4.79 Å². The van der Waals surface area contributed by atoms with Crippen LogP contribution >= 0.6 is 23.4 Å². The van der Waals surface area contributed by atoms with E-state index in [-0.39, 0.29) is 18.1 Å². The maximum absolute atomic E-state index is 13.1. The van der Waals surface area contributed by atoms with Crippen molar-refractivity contribution in [2.45, 2.75) is 35.6 Å². The maximum Gasteiger partial charge on any atom is 0.344 e. The highest BCUT2D eigenvalue weighted by Crippen LogP contribution is 2.56. The number of rotatable bonds is 4. The molecule has 0 radical (unpaired) electrons. The monoisotopic (exact) mass is 401 g/mol. The molecule has 0 spiro atoms. The summed E-state index contributed by atoms with van der Waals surface area (Å²) in [4.78, 5) is 39.3. The Kier molecular flexibility index (Phi) is 4.48. The van der Waals surface area contributed by atoms with Gasteiger partial charge in [0.1, 0.15) is 0 Å². The van der Waals surface area contributed by atoms with E-state index in [2.05, 4.69) is 0 Å². The molecule has 5 nitrogen and oxygen atoms in total. The first-order valence-corrected chi connectivity index (χ1v) is 9.74. The third kappa shape index (κ3) is 2.93. The van der Waals surface area contributed by atoms with Gasteiger partial charge in [0.25, 0.3) is 0 Å². The molecule has 0 aromatic heterocycles. The SMILES string of the molecule is C[C@H](OC(=O)[C@]12CCC(=O)N1c1ccccc1S2)C(=O)c1ccc(Cl)cc1. The van der Waals surface area contributed by atoms with Crippen molar-refractivity contribution in [2.75, 3.05) is 4.90 Å². The molecule has 0 saturated carbocycles. The van der Waals surface area contributed by atoms with Crippen molar-refractivity contribution >= 4 is 46.7 Å². The van der Waals surface area contributed by atoms with Crippen molar-refractivity contribution in [1.82, 2.24) is 0 Å². The van der Waals surface area contributed by atoms with E-state index in [1.54, 1.807) is 31.2 Å². The Bertz CT molecular complexity index is 945. The number of carbonyl (C=O) groups excluding carboxylic acids is 3. The topological polar surface area (TPSA) is 63.7 Å². The lowest BCUT2D eigenvalue weighted by molar-refractivity contribution is -0.149. The molecule has 2 heterocycles. The van der Waals surface area contributed by atoms with Crippen molar-refractivity contribution in [3.8, 4) is 0 Å². The summed E-state index contributed by atoms with van der Waals surface area (Å²) in [7, 11) is 0. The fourth-order valence-corrected chi connectivity index (χ4v) is 4.95. The van der Waals surface area contributed by atoms with E-state index < -0.39 is 16.9 Å². The van der Waals surface area contributed by atoms with Crippen LogP contribution in [0, 0.1) is 0 Å². The molecule has 1 amide bonds. The van der Waals surface area contributed by atoms with E-state index in [0.717, 1.165) is 10.6 Å². The predicted molar refractivity (Wildman–Crippen MR) is 103 cm³/mol. The van der Waals surface area contributed by atoms with E-state index in [1.807, 2.05) is 24.3 Å². The summed E-state index contributed by atoms with van der Waals surface area (Å²) in [6.45, 7) is 1.54. The van der Waals surface area contributed by atoms with Crippen LogP contribution in [0.5, 0.6) is 0 Å². The molecular weight excluding hydrogens is 386 g/mol. The number of para-hydroxylation sites is 1. The Morgan fingerprint density at radius 3 is 2.63 bits per heavy atom. The van der Waals surface area contributed by atoms with E-state index in [1.165, 1.54) is 16.7 Å². The second kappa shape index (κ2) is 6.69. The van der Waals surface area contributed by atoms with Crippen LogP contribution in [-0.2, 0) is 14.3 Å². The number of ketones is 1. The van der Waals surface area contributed by atoms with Gasteiger partial charge in [0, 0.05) is 28.3 Å². The van der Waals surface area contributed by atoms with Crippen LogP contribution in [0.3, 0.4) is 0 Å². The molecule has 2 aromatic rings. The summed E-state index contributed by atoms with van der Waals surface area (Å²) in [5.74, 6) is -0.988. The molecular formula is C20H16ClNO4S. The van der Waals surface area contributed by atoms with Crippen LogP contribution in [0.4, 0.5) is 5.69 Å². The van der Waals surface area contributed by atoms with Crippen LogP contribution < -0.4 is 4.90 Å². The molecule has 4 rings (SSSR count). The maximum atomic E-state index is 13.1. The van der Waals surface area contributed by atoms with E-state index in [4.69, 9.17) is 16.3 Å². The number of hydrogen-bond donors (Lipinski definition) is 0. The Hall–Kier alpha value is -2.31. The molecule has 0 unspecified atom stereocenters. The minimum absolute atomic E-state index is 0.110. The number of halogens is 1. The molecule has 2 atom stereocenters. The lowest BCUT2D eigenvalue weighted by atomic mass is 10.1. The van der Waals surface area contributed by atoms with Crippen molar-refractivity contribution in [3.05, 3.63) is 59.1 Å². The van der Waals surface area contributed by atoms with Crippen LogP contribution in [-0.4, -0.2) is 28.6 Å². The van der Waals surface area contributed by atoms with Gasteiger partial charge in [0.15, 0.2) is 11.0 Å². The number of anilines is 1. The number of amides is 1. The highest BCUT2D eigenvalue weighted by Gasteiger charge is 2.58. The average molecular weight is 402 g/mol. The largest absolute Gasteiger partial charge is 0.452 e. The quantitative estimate of drug-likeness (QED) is 0.570. The lowest BCUT2D eigenvalue weighted by Crippen LogP contribution is -2.49. The van der Waals surface area contributed by atoms with Gasteiger partial charge in [-0.2, -0.15) is 0 Å². The lowest BCUT2D eigenvalue weighted by Gasteiger charge is -2.29. The van der Waals surface area contributed by atoms with Crippen LogP contribution in [0.1, 0.15) is 30.1 Å². The summed E-state index contributed by atoms with van der Waals surface area (Å²) < 4.78 is 5.53. The number of carbonyl (C=O) groups is 3. The van der Waals surface area contributed by atoms with Crippen molar-refractivity contribution in [3.63, 3.8) is 0 Å². The van der Waals surface area contributed by atoms with Crippen molar-refractivity contribution < 1.29 is 19.1 Å². The van der Waals surface area contributed by atoms with Gasteiger partial charge in [-0.15, -0.1) is 0 Å². The van der Waals surface area contributed by atoms with Crippen molar-refractivity contribution in [2.24, 2.45) is 0 Å². The number of fused-ring (bicyclic) bond motifs is 3. The number of hydrogen-bond acceptors (Lipinski definition) is 5. The van der Waals surface area contributed by atoms with E-state index in [0.29, 0.717) is 17.0 Å². The van der Waals surface area contributed by atoms with Gasteiger partial charge in [-0.1, -0.05) is 35.5 Å². The van der Waals surface area contributed by atoms with Gasteiger partial charge < -0.3 is 4.74 Å². The van der Waals surface area contributed by atoms with Gasteiger partial charge in [-0.3, -0.25) is 14.5 Å².